The van der Waals surface area contributed by atoms with Gasteiger partial charge in [-0.05, 0) is 42.5 Å². The first-order chi connectivity index (χ1) is 15.1. The summed E-state index contributed by atoms with van der Waals surface area (Å²) in [6.07, 6.45) is 3.10. The molecule has 0 unspecified atom stereocenters. The molecule has 0 saturated carbocycles. The van der Waals surface area contributed by atoms with Crippen LogP contribution in [0.15, 0.2) is 77.9 Å². The zero-order valence-corrected chi connectivity index (χ0v) is 16.4. The summed E-state index contributed by atoms with van der Waals surface area (Å²) in [4.78, 5) is 41.0. The van der Waals surface area contributed by atoms with E-state index in [-0.39, 0.29) is 30.3 Å². The summed E-state index contributed by atoms with van der Waals surface area (Å²) in [6, 6.07) is 17.0. The average Bonchev–Trinajstić information content (AvgIpc) is 2.79. The number of nitrogens with one attached hydrogen (secondary N) is 2. The van der Waals surface area contributed by atoms with Crippen LogP contribution in [0.1, 0.15) is 16.8 Å². The van der Waals surface area contributed by atoms with Gasteiger partial charge in [-0.3, -0.25) is 19.4 Å². The zero-order valence-electron chi connectivity index (χ0n) is 16.4. The Kier molecular flexibility index (Phi) is 5.75. The highest BCUT2D eigenvalue weighted by molar-refractivity contribution is 6.04. The lowest BCUT2D eigenvalue weighted by Crippen LogP contribution is -2.26. The number of amides is 2. The van der Waals surface area contributed by atoms with E-state index in [0.717, 1.165) is 0 Å². The number of rotatable bonds is 6. The molecule has 0 bridgehead atoms. The van der Waals surface area contributed by atoms with Gasteiger partial charge in [0.05, 0.1) is 17.5 Å². The second-order valence-electron chi connectivity index (χ2n) is 6.71. The lowest BCUT2D eigenvalue weighted by molar-refractivity contribution is -0.116. The van der Waals surface area contributed by atoms with Gasteiger partial charge in [0.1, 0.15) is 5.52 Å². The van der Waals surface area contributed by atoms with E-state index in [1.807, 2.05) is 0 Å². The Bertz CT molecular complexity index is 1300. The maximum absolute atomic E-state index is 12.4. The molecule has 4 rings (SSSR count). The van der Waals surface area contributed by atoms with Crippen LogP contribution in [0.3, 0.4) is 0 Å². The van der Waals surface area contributed by atoms with E-state index in [2.05, 4.69) is 25.9 Å². The summed E-state index contributed by atoms with van der Waals surface area (Å²) in [6.45, 7) is 0.0972. The van der Waals surface area contributed by atoms with E-state index >= 15 is 0 Å². The highest BCUT2D eigenvalue weighted by atomic mass is 16.2. The van der Waals surface area contributed by atoms with Crippen LogP contribution in [-0.2, 0) is 11.3 Å². The van der Waals surface area contributed by atoms with Gasteiger partial charge in [0.15, 0.2) is 0 Å². The van der Waals surface area contributed by atoms with E-state index in [1.165, 1.54) is 10.9 Å². The number of carbonyl (C=O) groups excluding carboxylic acids is 2. The Morgan fingerprint density at radius 3 is 2.55 bits per heavy atom. The Morgan fingerprint density at radius 1 is 0.935 bits per heavy atom. The summed E-state index contributed by atoms with van der Waals surface area (Å²) in [5, 5.41) is 13.9. The van der Waals surface area contributed by atoms with Gasteiger partial charge in [-0.15, -0.1) is 5.10 Å². The number of aromatic nitrogens is 4. The predicted molar refractivity (Wildman–Crippen MR) is 116 cm³/mol. The van der Waals surface area contributed by atoms with Gasteiger partial charge in [-0.25, -0.2) is 4.68 Å². The molecule has 2 N–H and O–H groups in total. The molecule has 0 fully saturated rings. The van der Waals surface area contributed by atoms with E-state index < -0.39 is 0 Å². The van der Waals surface area contributed by atoms with Crippen molar-refractivity contribution in [1.29, 1.82) is 0 Å². The highest BCUT2D eigenvalue weighted by Crippen LogP contribution is 2.16. The van der Waals surface area contributed by atoms with Gasteiger partial charge in [0.2, 0.25) is 5.91 Å². The summed E-state index contributed by atoms with van der Waals surface area (Å²) in [7, 11) is 0. The number of nitrogens with zero attached hydrogens (tertiary/aromatic N) is 4. The third kappa shape index (κ3) is 4.78. The van der Waals surface area contributed by atoms with Crippen molar-refractivity contribution in [3.63, 3.8) is 0 Å². The van der Waals surface area contributed by atoms with Crippen molar-refractivity contribution >= 4 is 34.1 Å². The maximum Gasteiger partial charge on any atom is 0.277 e. The fourth-order valence-corrected chi connectivity index (χ4v) is 2.98. The van der Waals surface area contributed by atoms with E-state index in [1.54, 1.807) is 66.9 Å². The molecule has 0 aliphatic heterocycles. The molecule has 0 aliphatic carbocycles. The molecule has 2 aromatic carbocycles. The van der Waals surface area contributed by atoms with Gasteiger partial charge in [0.25, 0.3) is 11.5 Å². The third-order valence-electron chi connectivity index (χ3n) is 4.51. The van der Waals surface area contributed by atoms with Crippen LogP contribution < -0.4 is 16.2 Å². The SMILES string of the molecule is O=C(CCn1nnc2ccccc2c1=O)Nc1cccc(NC(=O)c2cccnc2)c1. The van der Waals surface area contributed by atoms with Crippen molar-refractivity contribution in [3.8, 4) is 0 Å². The van der Waals surface area contributed by atoms with Crippen molar-refractivity contribution < 1.29 is 9.59 Å². The van der Waals surface area contributed by atoms with Gasteiger partial charge in [0, 0.05) is 30.2 Å². The first-order valence-electron chi connectivity index (χ1n) is 9.54. The number of pyridine rings is 1. The highest BCUT2D eigenvalue weighted by Gasteiger charge is 2.10. The van der Waals surface area contributed by atoms with E-state index in [0.29, 0.717) is 27.8 Å². The monoisotopic (exact) mass is 414 g/mol. The summed E-state index contributed by atoms with van der Waals surface area (Å²) >= 11 is 0. The van der Waals surface area contributed by atoms with Crippen LogP contribution in [0.4, 0.5) is 11.4 Å². The minimum atomic E-state index is -0.300. The Morgan fingerprint density at radius 2 is 1.74 bits per heavy atom. The number of fused-ring (bicyclic) bond motifs is 1. The molecular formula is C22H18N6O3. The topological polar surface area (TPSA) is 119 Å². The minimum Gasteiger partial charge on any atom is -0.326 e. The molecule has 0 atom stereocenters. The zero-order chi connectivity index (χ0) is 21.6. The van der Waals surface area contributed by atoms with Crippen molar-refractivity contribution in [2.45, 2.75) is 13.0 Å². The van der Waals surface area contributed by atoms with Gasteiger partial charge in [-0.1, -0.05) is 23.4 Å². The molecule has 0 saturated heterocycles. The van der Waals surface area contributed by atoms with Crippen LogP contribution in [0.5, 0.6) is 0 Å². The normalized spacial score (nSPS) is 10.6. The van der Waals surface area contributed by atoms with Crippen molar-refractivity contribution in [2.24, 2.45) is 0 Å². The molecule has 0 spiro atoms. The summed E-state index contributed by atoms with van der Waals surface area (Å²) < 4.78 is 1.17. The summed E-state index contributed by atoms with van der Waals surface area (Å²) in [5.41, 5.74) is 1.70. The lowest BCUT2D eigenvalue weighted by Gasteiger charge is -2.09. The quantitative estimate of drug-likeness (QED) is 0.500. The second-order valence-corrected chi connectivity index (χ2v) is 6.71. The van der Waals surface area contributed by atoms with Gasteiger partial charge in [-0.2, -0.15) is 0 Å². The third-order valence-corrected chi connectivity index (χ3v) is 4.51. The average molecular weight is 414 g/mol. The number of carbonyl (C=O) groups is 2. The number of hydrogen-bond acceptors (Lipinski definition) is 6. The Balaban J connectivity index is 1.38. The van der Waals surface area contributed by atoms with Crippen molar-refractivity contribution in [3.05, 3.63) is 89.0 Å². The first-order valence-corrected chi connectivity index (χ1v) is 9.54. The van der Waals surface area contributed by atoms with E-state index in [9.17, 15) is 14.4 Å². The number of benzene rings is 2. The Labute approximate surface area is 176 Å². The van der Waals surface area contributed by atoms with Gasteiger partial charge >= 0.3 is 0 Å². The molecule has 4 aromatic rings. The van der Waals surface area contributed by atoms with Crippen molar-refractivity contribution in [1.82, 2.24) is 20.0 Å². The molecular weight excluding hydrogens is 396 g/mol. The second kappa shape index (κ2) is 8.95. The molecule has 2 heterocycles. The molecule has 31 heavy (non-hydrogen) atoms. The fourth-order valence-electron chi connectivity index (χ4n) is 2.98. The lowest BCUT2D eigenvalue weighted by atomic mass is 10.2. The number of aryl methyl sites for hydroxylation is 1. The van der Waals surface area contributed by atoms with Crippen LogP contribution in [0.2, 0.25) is 0 Å². The van der Waals surface area contributed by atoms with Crippen molar-refractivity contribution in [2.75, 3.05) is 10.6 Å². The van der Waals surface area contributed by atoms with E-state index in [4.69, 9.17) is 0 Å². The maximum atomic E-state index is 12.4. The molecule has 2 amide bonds. The van der Waals surface area contributed by atoms with Crippen LogP contribution >= 0.6 is 0 Å². The predicted octanol–water partition coefficient (Wildman–Crippen LogP) is 2.47. The number of anilines is 2. The minimum absolute atomic E-state index is 0.0409. The number of hydrogen-bond donors (Lipinski definition) is 2. The molecule has 9 heteroatoms. The molecule has 9 nitrogen and oxygen atoms in total. The Hall–Kier alpha value is -4.40. The van der Waals surface area contributed by atoms with Crippen LogP contribution in [0, 0.1) is 0 Å². The fraction of sp³-hybridized carbons (Fsp3) is 0.0909. The molecule has 0 aliphatic rings. The standard InChI is InChI=1S/C22H18N6O3/c29-20(10-12-28-22(31)18-8-1-2-9-19(18)26-27-28)24-16-6-3-7-17(13-16)25-21(30)15-5-4-11-23-14-15/h1-9,11,13-14H,10,12H2,(H,24,29)(H,25,30). The van der Waals surface area contributed by atoms with Gasteiger partial charge < -0.3 is 10.6 Å². The molecule has 154 valence electrons. The van der Waals surface area contributed by atoms with Crippen LogP contribution in [0.25, 0.3) is 10.9 Å². The summed E-state index contributed by atoms with van der Waals surface area (Å²) in [5.74, 6) is -0.594. The smallest absolute Gasteiger partial charge is 0.277 e. The molecule has 2 aromatic heterocycles. The first kappa shape index (κ1) is 19.9. The van der Waals surface area contributed by atoms with Crippen LogP contribution in [-0.4, -0.2) is 31.8 Å². The molecule has 0 radical (unpaired) electrons. The largest absolute Gasteiger partial charge is 0.326 e.